The number of aromatic hydroxyl groups is 1. The summed E-state index contributed by atoms with van der Waals surface area (Å²) in [5.74, 6) is -1.43. The number of esters is 1. The number of carbonyl (C=O) groups excluding carboxylic acids is 2. The lowest BCUT2D eigenvalue weighted by Gasteiger charge is -2.20. The van der Waals surface area contributed by atoms with Crippen LogP contribution in [0.3, 0.4) is 0 Å². The molecular weight excluding hydrogens is 457 g/mol. The summed E-state index contributed by atoms with van der Waals surface area (Å²) in [6.07, 6.45) is 1.14. The molecule has 0 fully saturated rings. The highest BCUT2D eigenvalue weighted by atomic mass is 19.1. The van der Waals surface area contributed by atoms with Crippen LogP contribution in [0.4, 0.5) is 14.9 Å². The predicted molar refractivity (Wildman–Crippen MR) is 128 cm³/mol. The first-order chi connectivity index (χ1) is 16.7. The Morgan fingerprint density at radius 3 is 2.63 bits per heavy atom. The van der Waals surface area contributed by atoms with Gasteiger partial charge >= 0.3 is 12.0 Å². The Labute approximate surface area is 201 Å². The topological polar surface area (TPSA) is 119 Å². The van der Waals surface area contributed by atoms with Crippen molar-refractivity contribution in [2.75, 3.05) is 19.0 Å². The maximum atomic E-state index is 14.8. The number of anilines is 1. The summed E-state index contributed by atoms with van der Waals surface area (Å²) >= 11 is 0. The zero-order valence-electron chi connectivity index (χ0n) is 19.5. The Morgan fingerprint density at radius 2 is 1.91 bits per heavy atom. The van der Waals surface area contributed by atoms with Gasteiger partial charge in [0.25, 0.3) is 5.56 Å². The van der Waals surface area contributed by atoms with Gasteiger partial charge in [-0.1, -0.05) is 30.3 Å². The SMILES string of the molecule is CCOC(=O)C[C@H](NC(=O)Nc1c(O)ccn(C)c1=O)c1cccc(-c2cccc(OC)c2F)c1. The number of ether oxygens (including phenoxy) is 2. The van der Waals surface area contributed by atoms with Crippen molar-refractivity contribution in [3.8, 4) is 22.6 Å². The smallest absolute Gasteiger partial charge is 0.319 e. The molecule has 0 saturated heterocycles. The minimum Gasteiger partial charge on any atom is -0.505 e. The maximum Gasteiger partial charge on any atom is 0.319 e. The van der Waals surface area contributed by atoms with Crippen LogP contribution in [0.15, 0.2) is 59.5 Å². The molecule has 0 saturated carbocycles. The number of hydrogen-bond donors (Lipinski definition) is 3. The summed E-state index contributed by atoms with van der Waals surface area (Å²) in [6.45, 7) is 1.81. The van der Waals surface area contributed by atoms with Crippen LogP contribution in [0.2, 0.25) is 0 Å². The van der Waals surface area contributed by atoms with Crippen molar-refractivity contribution < 1.29 is 28.6 Å². The molecule has 184 valence electrons. The van der Waals surface area contributed by atoms with Crippen LogP contribution < -0.4 is 20.9 Å². The molecule has 3 rings (SSSR count). The molecule has 1 atom stereocenters. The van der Waals surface area contributed by atoms with Gasteiger partial charge in [-0.2, -0.15) is 0 Å². The van der Waals surface area contributed by atoms with Crippen LogP contribution in [0.25, 0.3) is 11.1 Å². The van der Waals surface area contributed by atoms with Gasteiger partial charge in [-0.25, -0.2) is 9.18 Å². The molecule has 0 bridgehead atoms. The Morgan fingerprint density at radius 1 is 1.17 bits per heavy atom. The second-order valence-electron chi connectivity index (χ2n) is 7.60. The van der Waals surface area contributed by atoms with Crippen molar-refractivity contribution in [2.45, 2.75) is 19.4 Å². The Kier molecular flexibility index (Phi) is 8.08. The number of amides is 2. The van der Waals surface area contributed by atoms with E-state index in [2.05, 4.69) is 10.6 Å². The number of aromatic nitrogens is 1. The number of pyridine rings is 1. The van der Waals surface area contributed by atoms with Gasteiger partial charge in [0, 0.05) is 18.8 Å². The fraction of sp³-hybridized carbons (Fsp3) is 0.240. The number of nitrogens with one attached hydrogen (secondary N) is 2. The Hall–Kier alpha value is -4.34. The molecule has 0 aliphatic rings. The van der Waals surface area contributed by atoms with E-state index in [0.29, 0.717) is 11.1 Å². The number of benzene rings is 2. The van der Waals surface area contributed by atoms with Crippen molar-refractivity contribution >= 4 is 17.7 Å². The van der Waals surface area contributed by atoms with E-state index in [1.165, 1.54) is 37.1 Å². The van der Waals surface area contributed by atoms with Crippen LogP contribution in [-0.2, 0) is 16.6 Å². The van der Waals surface area contributed by atoms with Crippen LogP contribution >= 0.6 is 0 Å². The minimum absolute atomic E-state index is 0.0812. The number of rotatable bonds is 8. The van der Waals surface area contributed by atoms with Gasteiger partial charge in [-0.05, 0) is 36.2 Å². The molecule has 35 heavy (non-hydrogen) atoms. The highest BCUT2D eigenvalue weighted by Gasteiger charge is 2.22. The van der Waals surface area contributed by atoms with Crippen LogP contribution in [0.1, 0.15) is 24.9 Å². The van der Waals surface area contributed by atoms with E-state index in [1.54, 1.807) is 43.3 Å². The molecule has 0 radical (unpaired) electrons. The van der Waals surface area contributed by atoms with Crippen LogP contribution in [0.5, 0.6) is 11.5 Å². The summed E-state index contributed by atoms with van der Waals surface area (Å²) in [7, 11) is 2.84. The fourth-order valence-corrected chi connectivity index (χ4v) is 3.50. The number of aryl methyl sites for hydroxylation is 1. The average molecular weight is 483 g/mol. The molecule has 2 amide bonds. The lowest BCUT2D eigenvalue weighted by atomic mass is 9.97. The fourth-order valence-electron chi connectivity index (χ4n) is 3.50. The lowest BCUT2D eigenvalue weighted by Crippen LogP contribution is -2.36. The van der Waals surface area contributed by atoms with Gasteiger partial charge in [0.05, 0.1) is 26.2 Å². The standard InChI is InChI=1S/C25H26FN3O6/c1-4-35-21(31)14-18(27-25(33)28-23-19(30)11-12-29(2)24(23)32)16-8-5-7-15(13-16)17-9-6-10-20(34-3)22(17)26/h5-13,18,30H,4,14H2,1-3H3,(H2,27,28,33)/t18-/m0/s1. The summed E-state index contributed by atoms with van der Waals surface area (Å²) < 4.78 is 26.1. The van der Waals surface area contributed by atoms with Gasteiger partial charge in [0.2, 0.25) is 0 Å². The summed E-state index contributed by atoms with van der Waals surface area (Å²) in [6, 6.07) is 11.0. The van der Waals surface area contributed by atoms with Crippen molar-refractivity contribution in [1.82, 2.24) is 9.88 Å². The van der Waals surface area contributed by atoms with E-state index in [1.807, 2.05) is 0 Å². The van der Waals surface area contributed by atoms with E-state index >= 15 is 0 Å². The monoisotopic (exact) mass is 483 g/mol. The Balaban J connectivity index is 1.93. The number of halogens is 1. The van der Waals surface area contributed by atoms with Gasteiger partial charge in [0.1, 0.15) is 5.75 Å². The van der Waals surface area contributed by atoms with Crippen molar-refractivity contribution in [1.29, 1.82) is 0 Å². The van der Waals surface area contributed by atoms with Gasteiger partial charge < -0.3 is 29.8 Å². The van der Waals surface area contributed by atoms with Crippen molar-refractivity contribution in [3.63, 3.8) is 0 Å². The minimum atomic E-state index is -0.877. The summed E-state index contributed by atoms with van der Waals surface area (Å²) in [5.41, 5.74) is 0.359. The molecule has 1 aromatic heterocycles. The first-order valence-electron chi connectivity index (χ1n) is 10.8. The third kappa shape index (κ3) is 5.97. The molecule has 0 aliphatic carbocycles. The molecule has 0 spiro atoms. The normalized spacial score (nSPS) is 11.4. The van der Waals surface area contributed by atoms with Gasteiger partial charge in [-0.3, -0.25) is 9.59 Å². The van der Waals surface area contributed by atoms with Crippen LogP contribution in [0, 0.1) is 5.82 Å². The van der Waals surface area contributed by atoms with Gasteiger partial charge in [-0.15, -0.1) is 0 Å². The molecule has 0 unspecified atom stereocenters. The number of urea groups is 1. The third-order valence-corrected chi connectivity index (χ3v) is 5.25. The van der Waals surface area contributed by atoms with E-state index in [0.717, 1.165) is 0 Å². The average Bonchev–Trinajstić information content (AvgIpc) is 2.84. The molecule has 0 aliphatic heterocycles. The molecule has 2 aromatic carbocycles. The number of methoxy groups -OCH3 is 1. The predicted octanol–water partition coefficient (Wildman–Crippen LogP) is 3.72. The maximum absolute atomic E-state index is 14.8. The molecule has 9 nitrogen and oxygen atoms in total. The van der Waals surface area contributed by atoms with Crippen molar-refractivity contribution in [3.05, 3.63) is 76.5 Å². The molecule has 3 N–H and O–H groups in total. The molecule has 3 aromatic rings. The zero-order chi connectivity index (χ0) is 25.5. The zero-order valence-corrected chi connectivity index (χ0v) is 19.5. The van der Waals surface area contributed by atoms with Crippen molar-refractivity contribution in [2.24, 2.45) is 7.05 Å². The number of nitrogens with zero attached hydrogens (tertiary/aromatic N) is 1. The second-order valence-corrected chi connectivity index (χ2v) is 7.60. The number of carbonyl (C=O) groups is 2. The largest absolute Gasteiger partial charge is 0.505 e. The quantitative estimate of drug-likeness (QED) is 0.420. The molecule has 10 heteroatoms. The molecule has 1 heterocycles. The third-order valence-electron chi connectivity index (χ3n) is 5.25. The number of hydrogen-bond acceptors (Lipinski definition) is 6. The van der Waals surface area contributed by atoms with Crippen LogP contribution in [-0.4, -0.2) is 35.4 Å². The Bertz CT molecular complexity index is 1290. The second kappa shape index (κ2) is 11.2. The highest BCUT2D eigenvalue weighted by molar-refractivity contribution is 5.91. The molecular formula is C25H26FN3O6. The highest BCUT2D eigenvalue weighted by Crippen LogP contribution is 2.31. The van der Waals surface area contributed by atoms with E-state index in [4.69, 9.17) is 9.47 Å². The first-order valence-corrected chi connectivity index (χ1v) is 10.8. The van der Waals surface area contributed by atoms with E-state index < -0.39 is 35.2 Å². The summed E-state index contributed by atoms with van der Waals surface area (Å²) in [5, 5.41) is 15.0. The van der Waals surface area contributed by atoms with E-state index in [-0.39, 0.29) is 30.0 Å². The van der Waals surface area contributed by atoms with E-state index in [9.17, 15) is 23.9 Å². The van der Waals surface area contributed by atoms with Gasteiger partial charge in [0.15, 0.2) is 17.3 Å². The lowest BCUT2D eigenvalue weighted by molar-refractivity contribution is -0.143. The first kappa shape index (κ1) is 25.3. The summed E-state index contributed by atoms with van der Waals surface area (Å²) in [4.78, 5) is 37.3.